The summed E-state index contributed by atoms with van der Waals surface area (Å²) in [6.07, 6.45) is 3.17. The number of esters is 3. The summed E-state index contributed by atoms with van der Waals surface area (Å²) in [5, 5.41) is 12.7. The van der Waals surface area contributed by atoms with Crippen molar-refractivity contribution < 1.29 is 43.3 Å². The van der Waals surface area contributed by atoms with Crippen molar-refractivity contribution in [3.8, 4) is 0 Å². The molecule has 14 nitrogen and oxygen atoms in total. The van der Waals surface area contributed by atoms with Crippen molar-refractivity contribution in [1.82, 2.24) is 10.2 Å². The van der Waals surface area contributed by atoms with E-state index in [0.29, 0.717) is 45.1 Å². The van der Waals surface area contributed by atoms with Gasteiger partial charge in [0.25, 0.3) is 5.09 Å². The fourth-order valence-electron chi connectivity index (χ4n) is 5.28. The van der Waals surface area contributed by atoms with Crippen LogP contribution in [0.15, 0.2) is 30.3 Å². The van der Waals surface area contributed by atoms with Gasteiger partial charge in [-0.1, -0.05) is 36.8 Å². The molecule has 3 N–H and O–H groups in total. The topological polar surface area (TPSA) is 190 Å². The molecule has 0 unspecified atom stereocenters. The summed E-state index contributed by atoms with van der Waals surface area (Å²) in [5.41, 5.74) is 3.74. The van der Waals surface area contributed by atoms with E-state index in [0.717, 1.165) is 5.56 Å². The van der Waals surface area contributed by atoms with Gasteiger partial charge in [0, 0.05) is 6.54 Å². The highest BCUT2D eigenvalue weighted by Crippen LogP contribution is 2.35. The van der Waals surface area contributed by atoms with E-state index >= 15 is 0 Å². The van der Waals surface area contributed by atoms with Gasteiger partial charge >= 0.3 is 17.9 Å². The molecule has 1 aromatic carbocycles. The predicted molar refractivity (Wildman–Crippen MR) is 168 cm³/mol. The Morgan fingerprint density at radius 3 is 2.33 bits per heavy atom. The maximum atomic E-state index is 14.4. The third-order valence-electron chi connectivity index (χ3n) is 7.47. The number of amides is 1. The summed E-state index contributed by atoms with van der Waals surface area (Å²) in [6, 6.07) is 7.84. The lowest BCUT2D eigenvalue weighted by atomic mass is 9.94. The van der Waals surface area contributed by atoms with Crippen LogP contribution in [0.5, 0.6) is 0 Å². The molecule has 0 spiro atoms. The molecule has 258 valence electrons. The Hall–Kier alpha value is -3.78. The smallest absolute Gasteiger partial charge is 0.344 e. The summed E-state index contributed by atoms with van der Waals surface area (Å²) >= 11 is 0. The lowest BCUT2D eigenvalue weighted by Crippen LogP contribution is -2.64. The Bertz CT molecular complexity index is 1140. The Kier molecular flexibility index (Phi) is 15.9. The summed E-state index contributed by atoms with van der Waals surface area (Å²) < 4.78 is 16.5. The summed E-state index contributed by atoms with van der Waals surface area (Å²) in [5.74, 6) is -2.88. The van der Waals surface area contributed by atoms with Crippen LogP contribution in [0, 0.1) is 10.1 Å². The van der Waals surface area contributed by atoms with Gasteiger partial charge in [-0.25, -0.2) is 9.59 Å². The molecule has 0 aliphatic carbocycles. The minimum Gasteiger partial charge on any atom is -0.465 e. The van der Waals surface area contributed by atoms with E-state index in [2.05, 4.69) is 10.2 Å². The number of ether oxygens (including phenoxy) is 3. The number of unbranched alkanes of at least 4 members (excludes halogenated alkanes) is 2. The van der Waals surface area contributed by atoms with Gasteiger partial charge in [-0.3, -0.25) is 14.9 Å². The van der Waals surface area contributed by atoms with E-state index in [1.165, 1.54) is 4.90 Å². The van der Waals surface area contributed by atoms with Gasteiger partial charge in [0.05, 0.1) is 25.9 Å². The zero-order chi connectivity index (χ0) is 34.2. The second kappa shape index (κ2) is 19.0. The zero-order valence-electron chi connectivity index (χ0n) is 27.5. The quantitative estimate of drug-likeness (QED) is 0.0525. The second-order valence-corrected chi connectivity index (χ2v) is 12.2. The number of nitrogens with two attached hydrogens (primary N) is 1. The van der Waals surface area contributed by atoms with E-state index in [1.807, 2.05) is 30.3 Å². The maximum Gasteiger partial charge on any atom is 0.344 e. The van der Waals surface area contributed by atoms with Crippen molar-refractivity contribution in [1.29, 1.82) is 0 Å². The van der Waals surface area contributed by atoms with Crippen molar-refractivity contribution >= 4 is 23.8 Å². The monoisotopic (exact) mass is 650 g/mol. The standard InChI is InChI=1S/C32H50N4O10/c1-5-43-28(38)26(18-17-24-14-7-6-8-15-24)34-25(16-9-10-20-33)27(37)35-21-13-19-32(35,30(40)46-31(2,3)4)29(39)44-22-11-12-23-45-36(41)42/h6-8,14-15,25-26,34H,5,9-13,16-23,33H2,1-4H3/t25-,26-,32-/m0/s1. The predicted octanol–water partition coefficient (Wildman–Crippen LogP) is 2.87. The molecule has 1 aromatic rings. The van der Waals surface area contributed by atoms with Crippen LogP contribution in [0.3, 0.4) is 0 Å². The van der Waals surface area contributed by atoms with E-state index in [1.54, 1.807) is 27.7 Å². The number of carbonyl (C=O) groups is 4. The molecule has 0 bridgehead atoms. The van der Waals surface area contributed by atoms with Gasteiger partial charge in [0.2, 0.25) is 11.4 Å². The highest BCUT2D eigenvalue weighted by Gasteiger charge is 2.59. The van der Waals surface area contributed by atoms with Crippen LogP contribution >= 0.6 is 0 Å². The molecule has 0 aromatic heterocycles. The first kappa shape index (κ1) is 38.4. The van der Waals surface area contributed by atoms with Crippen molar-refractivity contribution in [3.05, 3.63) is 46.0 Å². The second-order valence-electron chi connectivity index (χ2n) is 12.2. The molecule has 14 heteroatoms. The molecule has 46 heavy (non-hydrogen) atoms. The first-order chi connectivity index (χ1) is 21.9. The molecule has 1 aliphatic heterocycles. The average molecular weight is 651 g/mol. The van der Waals surface area contributed by atoms with Crippen molar-refractivity contribution in [2.24, 2.45) is 5.73 Å². The molecular formula is C32H50N4O10. The Morgan fingerprint density at radius 1 is 1.00 bits per heavy atom. The van der Waals surface area contributed by atoms with Crippen molar-refractivity contribution in [2.75, 3.05) is 32.9 Å². The third-order valence-corrected chi connectivity index (χ3v) is 7.47. The first-order valence-corrected chi connectivity index (χ1v) is 16.0. The fraction of sp³-hybridized carbons (Fsp3) is 0.688. The van der Waals surface area contributed by atoms with Gasteiger partial charge in [-0.2, -0.15) is 0 Å². The van der Waals surface area contributed by atoms with Gasteiger partial charge in [-0.15, -0.1) is 10.1 Å². The number of hydrogen-bond acceptors (Lipinski definition) is 12. The average Bonchev–Trinajstić information content (AvgIpc) is 3.46. The molecule has 1 saturated heterocycles. The molecule has 1 aliphatic rings. The molecular weight excluding hydrogens is 600 g/mol. The molecule has 1 amide bonds. The highest BCUT2D eigenvalue weighted by atomic mass is 16.9. The van der Waals surface area contributed by atoms with Crippen LogP contribution < -0.4 is 11.1 Å². The minimum absolute atomic E-state index is 0.0121. The van der Waals surface area contributed by atoms with Crippen LogP contribution in [-0.2, 0) is 44.6 Å². The van der Waals surface area contributed by atoms with Crippen LogP contribution in [0.4, 0.5) is 0 Å². The molecule has 1 heterocycles. The van der Waals surface area contributed by atoms with Gasteiger partial charge in [0.15, 0.2) is 0 Å². The first-order valence-electron chi connectivity index (χ1n) is 16.0. The Morgan fingerprint density at radius 2 is 1.70 bits per heavy atom. The Labute approximate surface area is 270 Å². The Balaban J connectivity index is 2.37. The van der Waals surface area contributed by atoms with Gasteiger partial charge in [0.1, 0.15) is 11.6 Å². The zero-order valence-corrected chi connectivity index (χ0v) is 27.5. The van der Waals surface area contributed by atoms with Crippen LogP contribution in [0.25, 0.3) is 0 Å². The summed E-state index contributed by atoms with van der Waals surface area (Å²) in [7, 11) is 0. The number of benzene rings is 1. The highest BCUT2D eigenvalue weighted by molar-refractivity contribution is 6.09. The summed E-state index contributed by atoms with van der Waals surface area (Å²) in [6.45, 7) is 7.02. The summed E-state index contributed by atoms with van der Waals surface area (Å²) in [4.78, 5) is 70.9. The molecule has 2 rings (SSSR count). The lowest BCUT2D eigenvalue weighted by molar-refractivity contribution is -0.757. The number of hydrogen-bond donors (Lipinski definition) is 2. The lowest BCUT2D eigenvalue weighted by Gasteiger charge is -2.38. The van der Waals surface area contributed by atoms with Gasteiger partial charge < -0.3 is 29.7 Å². The SMILES string of the molecule is CCOC(=O)[C@H](CCc1ccccc1)N[C@@H](CCCCN)C(=O)N1CCC[C@]1(C(=O)OCCCCO[N+](=O)[O-])C(=O)OC(C)(C)C. The minimum atomic E-state index is -2.04. The van der Waals surface area contributed by atoms with E-state index in [4.69, 9.17) is 19.9 Å². The normalized spacial score (nSPS) is 17.5. The maximum absolute atomic E-state index is 14.4. The fourth-order valence-corrected chi connectivity index (χ4v) is 5.28. The van der Waals surface area contributed by atoms with Gasteiger partial charge in [-0.05, 0) is 91.2 Å². The van der Waals surface area contributed by atoms with Crippen molar-refractivity contribution in [3.63, 3.8) is 0 Å². The molecule has 1 fully saturated rings. The largest absolute Gasteiger partial charge is 0.465 e. The third kappa shape index (κ3) is 11.9. The van der Waals surface area contributed by atoms with E-state index in [9.17, 15) is 29.3 Å². The molecule has 3 atom stereocenters. The van der Waals surface area contributed by atoms with E-state index < -0.39 is 52.1 Å². The number of carbonyl (C=O) groups excluding carboxylic acids is 4. The van der Waals surface area contributed by atoms with Crippen LogP contribution in [0.1, 0.15) is 84.6 Å². The number of nitrogens with zero attached hydrogens (tertiary/aromatic N) is 2. The number of likely N-dealkylation sites (tertiary alicyclic amines) is 1. The molecule has 0 radical (unpaired) electrons. The van der Waals surface area contributed by atoms with Crippen LogP contribution in [0.2, 0.25) is 0 Å². The molecule has 0 saturated carbocycles. The van der Waals surface area contributed by atoms with E-state index in [-0.39, 0.29) is 45.6 Å². The number of nitrogens with one attached hydrogen (secondary N) is 1. The van der Waals surface area contributed by atoms with Crippen LogP contribution in [-0.4, -0.2) is 89.9 Å². The number of rotatable bonds is 20. The number of aryl methyl sites for hydroxylation is 1. The van der Waals surface area contributed by atoms with Crippen molar-refractivity contribution in [2.45, 2.75) is 109 Å².